The van der Waals surface area contributed by atoms with E-state index >= 15 is 0 Å². The van der Waals surface area contributed by atoms with Gasteiger partial charge in [-0.3, -0.25) is 4.79 Å². The number of aliphatic hydroxyl groups is 1. The third-order valence-corrected chi connectivity index (χ3v) is 4.36. The lowest BCUT2D eigenvalue weighted by atomic mass is 9.92. The van der Waals surface area contributed by atoms with Gasteiger partial charge in [0.1, 0.15) is 0 Å². The highest BCUT2D eigenvalue weighted by atomic mass is 19.1. The smallest absolute Gasteiger partial charge is 0.223 e. The summed E-state index contributed by atoms with van der Waals surface area (Å²) in [5, 5.41) is 13.2. The maximum absolute atomic E-state index is 14.3. The quantitative estimate of drug-likeness (QED) is 0.899. The molecule has 1 heterocycles. The Kier molecular flexibility index (Phi) is 4.08. The average Bonchev–Trinajstić information content (AvgIpc) is 3.31. The van der Waals surface area contributed by atoms with Gasteiger partial charge < -0.3 is 15.2 Å². The summed E-state index contributed by atoms with van der Waals surface area (Å²) in [6.45, 7) is 4.14. The summed E-state index contributed by atoms with van der Waals surface area (Å²) < 4.78 is 19.7. The molecule has 1 amide bonds. The van der Waals surface area contributed by atoms with Crippen molar-refractivity contribution in [1.82, 2.24) is 5.32 Å². The molecule has 1 aromatic carbocycles. The van der Waals surface area contributed by atoms with Crippen molar-refractivity contribution in [1.29, 1.82) is 0 Å². The first-order chi connectivity index (χ1) is 10.5. The molecule has 5 heteroatoms. The van der Waals surface area contributed by atoms with Crippen LogP contribution in [0.2, 0.25) is 0 Å². The summed E-state index contributed by atoms with van der Waals surface area (Å²) >= 11 is 0. The molecule has 1 aliphatic heterocycles. The highest BCUT2D eigenvalue weighted by Crippen LogP contribution is 2.38. The molecule has 2 unspecified atom stereocenters. The second-order valence-electron chi connectivity index (χ2n) is 6.58. The number of halogens is 1. The number of hydrogen-bond donors (Lipinski definition) is 2. The molecule has 0 radical (unpaired) electrons. The van der Waals surface area contributed by atoms with Gasteiger partial charge in [-0.2, -0.15) is 0 Å². The first kappa shape index (κ1) is 15.3. The average molecular weight is 307 g/mol. The van der Waals surface area contributed by atoms with Crippen molar-refractivity contribution in [3.63, 3.8) is 0 Å². The van der Waals surface area contributed by atoms with E-state index in [2.05, 4.69) is 5.32 Å². The third kappa shape index (κ3) is 2.95. The molecule has 1 fully saturated rings. The second-order valence-corrected chi connectivity index (χ2v) is 6.58. The molecule has 3 rings (SSSR count). The fourth-order valence-electron chi connectivity index (χ4n) is 2.82. The van der Waals surface area contributed by atoms with Gasteiger partial charge in [0.2, 0.25) is 5.91 Å². The van der Waals surface area contributed by atoms with Crippen LogP contribution < -0.4 is 10.1 Å². The van der Waals surface area contributed by atoms with Gasteiger partial charge in [0.15, 0.2) is 11.6 Å². The number of ether oxygens (including phenoxy) is 1. The van der Waals surface area contributed by atoms with Crippen LogP contribution in [0.5, 0.6) is 5.75 Å². The molecule has 22 heavy (non-hydrogen) atoms. The monoisotopic (exact) mass is 307 g/mol. The molecule has 2 N–H and O–H groups in total. The molecule has 0 bridgehead atoms. The minimum Gasteiger partial charge on any atom is -0.490 e. The lowest BCUT2D eigenvalue weighted by Crippen LogP contribution is -2.33. The van der Waals surface area contributed by atoms with E-state index in [1.165, 1.54) is 6.07 Å². The van der Waals surface area contributed by atoms with Crippen LogP contribution in [0.1, 0.15) is 56.4 Å². The number of rotatable bonds is 4. The van der Waals surface area contributed by atoms with Crippen LogP contribution in [0, 0.1) is 17.7 Å². The van der Waals surface area contributed by atoms with Crippen molar-refractivity contribution in [2.45, 2.75) is 45.3 Å². The van der Waals surface area contributed by atoms with Crippen LogP contribution in [0.4, 0.5) is 4.39 Å². The van der Waals surface area contributed by atoms with Crippen molar-refractivity contribution < 1.29 is 19.0 Å². The Morgan fingerprint density at radius 3 is 2.73 bits per heavy atom. The molecule has 2 atom stereocenters. The van der Waals surface area contributed by atoms with Gasteiger partial charge in [-0.05, 0) is 36.5 Å². The predicted octanol–water partition coefficient (Wildman–Crippen LogP) is 2.86. The maximum Gasteiger partial charge on any atom is 0.223 e. The fourth-order valence-corrected chi connectivity index (χ4v) is 2.82. The fraction of sp³-hybridized carbons (Fsp3) is 0.588. The Bertz CT molecular complexity index is 584. The number of amides is 1. The second kappa shape index (κ2) is 5.88. The van der Waals surface area contributed by atoms with E-state index in [1.807, 2.05) is 13.8 Å². The maximum atomic E-state index is 14.3. The first-order valence-corrected chi connectivity index (χ1v) is 7.92. The largest absolute Gasteiger partial charge is 0.490 e. The van der Waals surface area contributed by atoms with Crippen LogP contribution in [0.25, 0.3) is 0 Å². The summed E-state index contributed by atoms with van der Waals surface area (Å²) in [7, 11) is 0. The molecule has 0 saturated heterocycles. The molecule has 1 saturated carbocycles. The first-order valence-electron chi connectivity index (χ1n) is 7.92. The molecular formula is C17H22FNO3. The Morgan fingerprint density at radius 2 is 2.09 bits per heavy atom. The normalized spacial score (nSPS) is 22.0. The van der Waals surface area contributed by atoms with E-state index in [4.69, 9.17) is 4.74 Å². The van der Waals surface area contributed by atoms with Gasteiger partial charge in [-0.15, -0.1) is 0 Å². The minimum atomic E-state index is -0.735. The molecule has 2 aliphatic rings. The highest BCUT2D eigenvalue weighted by Gasteiger charge is 2.33. The van der Waals surface area contributed by atoms with Crippen LogP contribution in [0.3, 0.4) is 0 Å². The lowest BCUT2D eigenvalue weighted by Gasteiger charge is -2.28. The standard InChI is InChI=1S/C17H22FNO3/c1-9(2)15(20)11-7-12-14(19-17(21)10-3-4-10)5-6-22-16(12)13(18)8-11/h7-10,14-15,20H,3-6H2,1-2H3,(H,19,21). The Balaban J connectivity index is 1.91. The topological polar surface area (TPSA) is 58.6 Å². The summed E-state index contributed by atoms with van der Waals surface area (Å²) in [5.74, 6) is -0.139. The van der Waals surface area contributed by atoms with Gasteiger partial charge in [0, 0.05) is 17.9 Å². The van der Waals surface area contributed by atoms with Crippen LogP contribution >= 0.6 is 0 Å². The Morgan fingerprint density at radius 1 is 1.36 bits per heavy atom. The zero-order valence-electron chi connectivity index (χ0n) is 12.9. The van der Waals surface area contributed by atoms with Gasteiger partial charge in [0.05, 0.1) is 18.8 Å². The summed E-state index contributed by atoms with van der Waals surface area (Å²) in [6.07, 6.45) is 1.75. The van der Waals surface area contributed by atoms with Gasteiger partial charge in [-0.25, -0.2) is 4.39 Å². The SMILES string of the molecule is CC(C)C(O)c1cc(F)c2c(c1)C(NC(=O)C1CC1)CCO2. The summed E-state index contributed by atoms with van der Waals surface area (Å²) in [4.78, 5) is 12.0. The summed E-state index contributed by atoms with van der Waals surface area (Å²) in [5.41, 5.74) is 1.16. The van der Waals surface area contributed by atoms with E-state index in [9.17, 15) is 14.3 Å². The van der Waals surface area contributed by atoms with Crippen molar-refractivity contribution in [3.8, 4) is 5.75 Å². The van der Waals surface area contributed by atoms with E-state index in [-0.39, 0.29) is 29.5 Å². The molecule has 4 nitrogen and oxygen atoms in total. The minimum absolute atomic E-state index is 0.0125. The van der Waals surface area contributed by atoms with Gasteiger partial charge in [0.25, 0.3) is 0 Å². The lowest BCUT2D eigenvalue weighted by molar-refractivity contribution is -0.123. The van der Waals surface area contributed by atoms with Gasteiger partial charge >= 0.3 is 0 Å². The highest BCUT2D eigenvalue weighted by molar-refractivity contribution is 5.81. The number of nitrogens with one attached hydrogen (secondary N) is 1. The van der Waals surface area contributed by atoms with E-state index in [1.54, 1.807) is 6.07 Å². The Hall–Kier alpha value is -1.62. The number of carbonyl (C=O) groups excluding carboxylic acids is 1. The summed E-state index contributed by atoms with van der Waals surface area (Å²) in [6, 6.07) is 2.85. The van der Waals surface area contributed by atoms with Crippen LogP contribution in [-0.2, 0) is 4.79 Å². The Labute approximate surface area is 129 Å². The van der Waals surface area contributed by atoms with Crippen LogP contribution in [0.15, 0.2) is 12.1 Å². The zero-order chi connectivity index (χ0) is 15.9. The number of fused-ring (bicyclic) bond motifs is 1. The van der Waals surface area contributed by atoms with Crippen molar-refractivity contribution in [3.05, 3.63) is 29.1 Å². The van der Waals surface area contributed by atoms with E-state index in [0.29, 0.717) is 24.2 Å². The zero-order valence-corrected chi connectivity index (χ0v) is 12.9. The molecular weight excluding hydrogens is 285 g/mol. The predicted molar refractivity (Wildman–Crippen MR) is 79.9 cm³/mol. The van der Waals surface area contributed by atoms with Crippen molar-refractivity contribution in [2.75, 3.05) is 6.61 Å². The van der Waals surface area contributed by atoms with Gasteiger partial charge in [-0.1, -0.05) is 13.8 Å². The van der Waals surface area contributed by atoms with Crippen LogP contribution in [-0.4, -0.2) is 17.6 Å². The molecule has 0 spiro atoms. The third-order valence-electron chi connectivity index (χ3n) is 4.36. The molecule has 120 valence electrons. The van der Waals surface area contributed by atoms with E-state index < -0.39 is 11.9 Å². The number of aliphatic hydroxyl groups excluding tert-OH is 1. The number of benzene rings is 1. The molecule has 1 aliphatic carbocycles. The van der Waals surface area contributed by atoms with Crippen molar-refractivity contribution >= 4 is 5.91 Å². The van der Waals surface area contributed by atoms with E-state index in [0.717, 1.165) is 12.8 Å². The number of hydrogen-bond acceptors (Lipinski definition) is 3. The van der Waals surface area contributed by atoms with Crippen molar-refractivity contribution in [2.24, 2.45) is 11.8 Å². The number of carbonyl (C=O) groups is 1. The molecule has 1 aromatic rings. The molecule has 0 aromatic heterocycles.